The average molecular weight is 453 g/mol. The Labute approximate surface area is 189 Å². The van der Waals surface area contributed by atoms with E-state index in [0.29, 0.717) is 22.8 Å². The second kappa shape index (κ2) is 10.3. The first-order valence-electron chi connectivity index (χ1n) is 9.96. The molecule has 0 radical (unpaired) electrons. The molecular formula is C23H23N3O7. The average Bonchev–Trinajstić information content (AvgIpc) is 2.79. The van der Waals surface area contributed by atoms with Crippen molar-refractivity contribution in [2.24, 2.45) is 0 Å². The minimum absolute atomic E-state index is 0.407. The van der Waals surface area contributed by atoms with Gasteiger partial charge in [0.1, 0.15) is 17.2 Å². The summed E-state index contributed by atoms with van der Waals surface area (Å²) in [5.74, 6) is -0.600. The minimum atomic E-state index is -1.37. The van der Waals surface area contributed by atoms with Crippen molar-refractivity contribution in [3.8, 4) is 17.2 Å². The number of aliphatic carboxylic acids is 1. The lowest BCUT2D eigenvalue weighted by molar-refractivity contribution is -0.138. The van der Waals surface area contributed by atoms with E-state index in [1.807, 2.05) is 0 Å². The van der Waals surface area contributed by atoms with E-state index in [-0.39, 0.29) is 0 Å². The number of carbonyl (C=O) groups excluding carboxylic acids is 3. The number of carboxylic acid groups (broad SMARTS) is 1. The van der Waals surface area contributed by atoms with E-state index in [4.69, 9.17) is 9.47 Å². The first kappa shape index (κ1) is 23.3. The van der Waals surface area contributed by atoms with Crippen molar-refractivity contribution in [3.63, 3.8) is 0 Å². The molecule has 0 saturated carbocycles. The number of nitrogens with one attached hydrogen (secondary N) is 2. The highest BCUT2D eigenvalue weighted by molar-refractivity contribution is 6.14. The molecule has 1 heterocycles. The van der Waals surface area contributed by atoms with E-state index in [2.05, 4.69) is 10.6 Å². The number of rotatable bonds is 8. The van der Waals surface area contributed by atoms with Crippen LogP contribution >= 0.6 is 0 Å². The van der Waals surface area contributed by atoms with Crippen molar-refractivity contribution in [2.75, 3.05) is 14.2 Å². The lowest BCUT2D eigenvalue weighted by Gasteiger charge is -2.25. The molecule has 10 nitrogen and oxygen atoms in total. The zero-order chi connectivity index (χ0) is 24.0. The maximum absolute atomic E-state index is 12.4. The molecule has 3 N–H and O–H groups in total. The summed E-state index contributed by atoms with van der Waals surface area (Å²) in [6, 6.07) is 10.4. The third-order valence-corrected chi connectivity index (χ3v) is 4.86. The normalized spacial score (nSPS) is 16.2. The van der Waals surface area contributed by atoms with Gasteiger partial charge in [0.15, 0.2) is 11.8 Å². The van der Waals surface area contributed by atoms with E-state index < -0.39 is 42.2 Å². The number of hydrogen-bond donors (Lipinski definition) is 3. The van der Waals surface area contributed by atoms with Crippen LogP contribution in [-0.2, 0) is 14.4 Å². The number of ketones is 1. The third-order valence-electron chi connectivity index (χ3n) is 4.86. The Morgan fingerprint density at radius 3 is 2.45 bits per heavy atom. The van der Waals surface area contributed by atoms with Crippen LogP contribution in [-0.4, -0.2) is 53.9 Å². The summed E-state index contributed by atoms with van der Waals surface area (Å²) in [7, 11) is 3.01. The van der Waals surface area contributed by atoms with Gasteiger partial charge in [-0.3, -0.25) is 14.4 Å². The molecule has 1 aliphatic rings. The van der Waals surface area contributed by atoms with E-state index in [9.17, 15) is 24.3 Å². The number of amides is 3. The standard InChI is InChI=1S/C23H23N3O7/c1-26-11-10-19(27)21(22(26)30)25-23(31)24-18(13-20(28)29)14-6-8-15(9-7-14)33-17-5-3-4-16(12-17)32-2/h3-12,18,21H,13H2,1-2H3,(H,28,29)(H2,24,25,31)/t18-,21?/m0/s1. The van der Waals surface area contributed by atoms with Gasteiger partial charge in [0.25, 0.3) is 5.91 Å². The number of carbonyl (C=O) groups is 4. The van der Waals surface area contributed by atoms with Crippen LogP contribution in [0.5, 0.6) is 17.2 Å². The SMILES string of the molecule is COc1cccc(Oc2ccc([C@H](CC(=O)O)NC(=O)NC3C(=O)C=CN(C)C3=O)cc2)c1. The largest absolute Gasteiger partial charge is 0.497 e. The van der Waals surface area contributed by atoms with E-state index in [0.717, 1.165) is 0 Å². The molecule has 0 saturated heterocycles. The molecular weight excluding hydrogens is 430 g/mol. The predicted octanol–water partition coefficient (Wildman–Crippen LogP) is 2.23. The number of hydrogen-bond acceptors (Lipinski definition) is 6. The van der Waals surface area contributed by atoms with E-state index >= 15 is 0 Å². The number of nitrogens with zero attached hydrogens (tertiary/aromatic N) is 1. The zero-order valence-corrected chi connectivity index (χ0v) is 18.0. The fourth-order valence-corrected chi connectivity index (χ4v) is 3.14. The summed E-state index contributed by atoms with van der Waals surface area (Å²) in [4.78, 5) is 49.0. The smallest absolute Gasteiger partial charge is 0.316 e. The Morgan fingerprint density at radius 1 is 1.09 bits per heavy atom. The number of carboxylic acids is 1. The van der Waals surface area contributed by atoms with Crippen LogP contribution in [0.4, 0.5) is 4.79 Å². The molecule has 3 rings (SSSR count). The fourth-order valence-electron chi connectivity index (χ4n) is 3.14. The summed E-state index contributed by atoms with van der Waals surface area (Å²) in [5.41, 5.74) is 0.504. The van der Waals surface area contributed by atoms with Gasteiger partial charge < -0.3 is 30.1 Å². The van der Waals surface area contributed by atoms with E-state index in [1.165, 1.54) is 24.2 Å². The molecule has 2 atom stereocenters. The highest BCUT2D eigenvalue weighted by Crippen LogP contribution is 2.27. The summed E-state index contributed by atoms with van der Waals surface area (Å²) in [5, 5.41) is 14.1. The monoisotopic (exact) mass is 453 g/mol. The van der Waals surface area contributed by atoms with Gasteiger partial charge in [-0.05, 0) is 29.8 Å². The first-order chi connectivity index (χ1) is 15.8. The fraction of sp³-hybridized carbons (Fsp3) is 0.217. The maximum atomic E-state index is 12.4. The summed E-state index contributed by atoms with van der Waals surface area (Å²) in [6.45, 7) is 0. The Balaban J connectivity index is 1.69. The Kier molecular flexibility index (Phi) is 7.29. The molecule has 1 unspecified atom stereocenters. The number of urea groups is 1. The van der Waals surface area contributed by atoms with Crippen LogP contribution in [0.25, 0.3) is 0 Å². The van der Waals surface area contributed by atoms with Crippen LogP contribution in [0.2, 0.25) is 0 Å². The molecule has 172 valence electrons. The quantitative estimate of drug-likeness (QED) is 0.522. The van der Waals surface area contributed by atoms with E-state index in [1.54, 1.807) is 55.6 Å². The van der Waals surface area contributed by atoms with Crippen LogP contribution in [0.3, 0.4) is 0 Å². The van der Waals surface area contributed by atoms with Gasteiger partial charge in [-0.1, -0.05) is 18.2 Å². The van der Waals surface area contributed by atoms with Crippen molar-refractivity contribution in [2.45, 2.75) is 18.5 Å². The maximum Gasteiger partial charge on any atom is 0.316 e. The lowest BCUT2D eigenvalue weighted by Crippen LogP contribution is -2.55. The first-order valence-corrected chi connectivity index (χ1v) is 9.96. The van der Waals surface area contributed by atoms with Crippen LogP contribution in [0.1, 0.15) is 18.0 Å². The van der Waals surface area contributed by atoms with Gasteiger partial charge in [-0.25, -0.2) is 4.79 Å². The molecule has 10 heteroatoms. The molecule has 0 fully saturated rings. The summed E-state index contributed by atoms with van der Waals surface area (Å²) >= 11 is 0. The molecule has 0 spiro atoms. The van der Waals surface area contributed by atoms with Gasteiger partial charge in [-0.15, -0.1) is 0 Å². The minimum Gasteiger partial charge on any atom is -0.497 e. The number of ether oxygens (including phenoxy) is 2. The van der Waals surface area contributed by atoms with Crippen LogP contribution in [0.15, 0.2) is 60.8 Å². The summed E-state index contributed by atoms with van der Waals surface area (Å²) < 4.78 is 10.9. The molecule has 2 aromatic carbocycles. The third kappa shape index (κ3) is 6.10. The van der Waals surface area contributed by atoms with Gasteiger partial charge in [0.05, 0.1) is 19.6 Å². The molecule has 3 amide bonds. The number of methoxy groups -OCH3 is 1. The van der Waals surface area contributed by atoms with Gasteiger partial charge in [0, 0.05) is 25.4 Å². The summed E-state index contributed by atoms with van der Waals surface area (Å²) in [6.07, 6.45) is 2.08. The molecule has 2 aromatic rings. The topological polar surface area (TPSA) is 134 Å². The second-order valence-corrected chi connectivity index (χ2v) is 7.22. The van der Waals surface area contributed by atoms with Crippen molar-refractivity contribution in [1.29, 1.82) is 0 Å². The Hall–Kier alpha value is -4.34. The zero-order valence-electron chi connectivity index (χ0n) is 18.0. The van der Waals surface area contributed by atoms with Gasteiger partial charge in [-0.2, -0.15) is 0 Å². The molecule has 1 aliphatic heterocycles. The predicted molar refractivity (Wildman–Crippen MR) is 117 cm³/mol. The highest BCUT2D eigenvalue weighted by atomic mass is 16.5. The lowest BCUT2D eigenvalue weighted by atomic mass is 10.0. The Morgan fingerprint density at radius 2 is 1.79 bits per heavy atom. The number of benzene rings is 2. The van der Waals surface area contributed by atoms with Crippen molar-refractivity contribution >= 4 is 23.7 Å². The van der Waals surface area contributed by atoms with Crippen LogP contribution < -0.4 is 20.1 Å². The highest BCUT2D eigenvalue weighted by Gasteiger charge is 2.32. The molecule has 33 heavy (non-hydrogen) atoms. The molecule has 0 aromatic heterocycles. The van der Waals surface area contributed by atoms with Crippen molar-refractivity contribution < 1.29 is 33.8 Å². The second-order valence-electron chi connectivity index (χ2n) is 7.22. The Bertz CT molecular complexity index is 1080. The van der Waals surface area contributed by atoms with Crippen molar-refractivity contribution in [3.05, 3.63) is 66.4 Å². The molecule has 0 aliphatic carbocycles. The number of likely N-dealkylation sites (N-methyl/N-ethyl adjacent to an activating group) is 1. The van der Waals surface area contributed by atoms with Gasteiger partial charge >= 0.3 is 12.0 Å². The van der Waals surface area contributed by atoms with Gasteiger partial charge in [0.2, 0.25) is 0 Å². The van der Waals surface area contributed by atoms with Crippen molar-refractivity contribution in [1.82, 2.24) is 15.5 Å². The molecule has 0 bridgehead atoms. The van der Waals surface area contributed by atoms with Crippen LogP contribution in [0, 0.1) is 0 Å².